The molecule has 0 amide bonds. The molecular formula is C9H18FNO. The van der Waals surface area contributed by atoms with E-state index in [4.69, 9.17) is 4.74 Å². The van der Waals surface area contributed by atoms with Crippen LogP contribution in [0.4, 0.5) is 4.39 Å². The number of halogens is 1. The Bertz CT molecular complexity index is 115. The molecule has 0 spiro atoms. The van der Waals surface area contributed by atoms with Crippen molar-refractivity contribution in [2.75, 3.05) is 19.8 Å². The van der Waals surface area contributed by atoms with E-state index in [1.165, 1.54) is 6.42 Å². The quantitative estimate of drug-likeness (QED) is 0.699. The van der Waals surface area contributed by atoms with E-state index in [9.17, 15) is 4.39 Å². The summed E-state index contributed by atoms with van der Waals surface area (Å²) in [5, 5.41) is 3.17. The summed E-state index contributed by atoms with van der Waals surface area (Å²) in [6.45, 7) is 3.69. The molecule has 1 N–H and O–H groups in total. The molecule has 1 saturated heterocycles. The number of hydrogen-bond donors (Lipinski definition) is 1. The van der Waals surface area contributed by atoms with Crippen LogP contribution in [0.25, 0.3) is 0 Å². The molecule has 0 aromatic carbocycles. The lowest BCUT2D eigenvalue weighted by atomic mass is 10.0. The first-order chi connectivity index (χ1) is 5.84. The van der Waals surface area contributed by atoms with Gasteiger partial charge in [0.1, 0.15) is 6.17 Å². The Morgan fingerprint density at radius 2 is 2.42 bits per heavy atom. The van der Waals surface area contributed by atoms with Crippen LogP contribution in [0.3, 0.4) is 0 Å². The van der Waals surface area contributed by atoms with Crippen LogP contribution in [0, 0.1) is 0 Å². The van der Waals surface area contributed by atoms with Crippen LogP contribution in [0.1, 0.15) is 26.2 Å². The zero-order valence-electron chi connectivity index (χ0n) is 7.68. The Morgan fingerprint density at radius 3 is 3.00 bits per heavy atom. The summed E-state index contributed by atoms with van der Waals surface area (Å²) in [7, 11) is 0. The molecule has 12 heavy (non-hydrogen) atoms. The van der Waals surface area contributed by atoms with Crippen LogP contribution >= 0.6 is 0 Å². The summed E-state index contributed by atoms with van der Waals surface area (Å²) in [5.74, 6) is 0. The number of rotatable bonds is 4. The Balaban J connectivity index is 2.15. The van der Waals surface area contributed by atoms with Gasteiger partial charge in [-0.1, -0.05) is 6.42 Å². The van der Waals surface area contributed by atoms with E-state index >= 15 is 0 Å². The van der Waals surface area contributed by atoms with E-state index in [1.807, 2.05) is 6.92 Å². The summed E-state index contributed by atoms with van der Waals surface area (Å²) < 4.78 is 18.3. The summed E-state index contributed by atoms with van der Waals surface area (Å²) in [6.07, 6.45) is 2.45. The van der Waals surface area contributed by atoms with Gasteiger partial charge in [-0.2, -0.15) is 0 Å². The van der Waals surface area contributed by atoms with E-state index < -0.39 is 6.17 Å². The van der Waals surface area contributed by atoms with Crippen LogP contribution in [0.15, 0.2) is 0 Å². The lowest BCUT2D eigenvalue weighted by Gasteiger charge is -2.26. The van der Waals surface area contributed by atoms with E-state index in [-0.39, 0.29) is 12.6 Å². The van der Waals surface area contributed by atoms with Crippen molar-refractivity contribution >= 4 is 0 Å². The number of ether oxygens (including phenoxy) is 1. The third kappa shape index (κ3) is 3.07. The van der Waals surface area contributed by atoms with Crippen molar-refractivity contribution in [2.45, 2.75) is 38.4 Å². The van der Waals surface area contributed by atoms with E-state index in [1.54, 1.807) is 0 Å². The predicted octanol–water partition coefficient (Wildman–Crippen LogP) is 1.50. The second-order valence-corrected chi connectivity index (χ2v) is 3.23. The second-order valence-electron chi connectivity index (χ2n) is 3.23. The Kier molecular flexibility index (Phi) is 4.54. The summed E-state index contributed by atoms with van der Waals surface area (Å²) in [4.78, 5) is 0. The number of alkyl halides is 1. The maximum Gasteiger partial charge on any atom is 0.139 e. The van der Waals surface area contributed by atoms with Gasteiger partial charge in [0, 0.05) is 12.6 Å². The van der Waals surface area contributed by atoms with Crippen molar-refractivity contribution < 1.29 is 9.13 Å². The lowest BCUT2D eigenvalue weighted by Crippen LogP contribution is -2.43. The van der Waals surface area contributed by atoms with E-state index in [2.05, 4.69) is 5.32 Å². The van der Waals surface area contributed by atoms with Gasteiger partial charge in [0.2, 0.25) is 0 Å². The molecule has 0 bridgehead atoms. The van der Waals surface area contributed by atoms with Gasteiger partial charge in [-0.05, 0) is 26.3 Å². The molecule has 72 valence electrons. The molecule has 0 aromatic rings. The van der Waals surface area contributed by atoms with Gasteiger partial charge < -0.3 is 10.1 Å². The van der Waals surface area contributed by atoms with Crippen molar-refractivity contribution in [1.82, 2.24) is 5.32 Å². The first-order valence-corrected chi connectivity index (χ1v) is 4.79. The zero-order valence-corrected chi connectivity index (χ0v) is 7.68. The monoisotopic (exact) mass is 175 g/mol. The van der Waals surface area contributed by atoms with Gasteiger partial charge in [0.25, 0.3) is 0 Å². The lowest BCUT2D eigenvalue weighted by molar-refractivity contribution is 0.0655. The first kappa shape index (κ1) is 9.93. The smallest absolute Gasteiger partial charge is 0.139 e. The highest BCUT2D eigenvalue weighted by atomic mass is 19.1. The van der Waals surface area contributed by atoms with Gasteiger partial charge in [0.05, 0.1) is 6.61 Å². The maximum atomic E-state index is 13.3. The fourth-order valence-electron chi connectivity index (χ4n) is 1.53. The van der Waals surface area contributed by atoms with E-state index in [0.29, 0.717) is 6.61 Å². The fourth-order valence-corrected chi connectivity index (χ4v) is 1.53. The molecule has 2 atom stereocenters. The molecule has 1 aliphatic heterocycles. The molecule has 3 heteroatoms. The fraction of sp³-hybridized carbons (Fsp3) is 1.00. The molecule has 0 saturated carbocycles. The highest BCUT2D eigenvalue weighted by Crippen LogP contribution is 2.12. The maximum absolute atomic E-state index is 13.3. The summed E-state index contributed by atoms with van der Waals surface area (Å²) in [5.41, 5.74) is 0. The second kappa shape index (κ2) is 5.49. The number of piperidine rings is 1. The predicted molar refractivity (Wildman–Crippen MR) is 47.0 cm³/mol. The molecular weight excluding hydrogens is 157 g/mol. The number of nitrogens with one attached hydrogen (secondary N) is 1. The average Bonchev–Trinajstić information content (AvgIpc) is 2.15. The molecule has 0 aliphatic carbocycles. The van der Waals surface area contributed by atoms with Crippen molar-refractivity contribution in [1.29, 1.82) is 0 Å². The van der Waals surface area contributed by atoms with Crippen molar-refractivity contribution in [2.24, 2.45) is 0 Å². The molecule has 2 unspecified atom stereocenters. The third-order valence-electron chi connectivity index (χ3n) is 2.27. The Morgan fingerprint density at radius 1 is 1.58 bits per heavy atom. The van der Waals surface area contributed by atoms with Crippen LogP contribution in [0.2, 0.25) is 0 Å². The number of hydrogen-bond acceptors (Lipinski definition) is 2. The third-order valence-corrected chi connectivity index (χ3v) is 2.27. The van der Waals surface area contributed by atoms with Gasteiger partial charge in [0.15, 0.2) is 0 Å². The SMILES string of the molecule is CCOCC(F)C1CCCCN1. The van der Waals surface area contributed by atoms with Crippen molar-refractivity contribution in [3.63, 3.8) is 0 Å². The molecule has 2 nitrogen and oxygen atoms in total. The molecule has 0 radical (unpaired) electrons. The van der Waals surface area contributed by atoms with Gasteiger partial charge >= 0.3 is 0 Å². The van der Waals surface area contributed by atoms with Gasteiger partial charge in [-0.25, -0.2) is 4.39 Å². The highest BCUT2D eigenvalue weighted by Gasteiger charge is 2.22. The molecule has 1 heterocycles. The van der Waals surface area contributed by atoms with Crippen LogP contribution in [-0.4, -0.2) is 32.0 Å². The van der Waals surface area contributed by atoms with Gasteiger partial charge in [-0.3, -0.25) is 0 Å². The summed E-state index contributed by atoms with van der Waals surface area (Å²) >= 11 is 0. The Hall–Kier alpha value is -0.150. The van der Waals surface area contributed by atoms with Crippen molar-refractivity contribution in [3.05, 3.63) is 0 Å². The van der Waals surface area contributed by atoms with Crippen LogP contribution < -0.4 is 5.32 Å². The molecule has 1 fully saturated rings. The minimum absolute atomic E-state index is 0.0327. The van der Waals surface area contributed by atoms with Crippen LogP contribution in [0.5, 0.6) is 0 Å². The minimum Gasteiger partial charge on any atom is -0.379 e. The topological polar surface area (TPSA) is 21.3 Å². The largest absolute Gasteiger partial charge is 0.379 e. The highest BCUT2D eigenvalue weighted by molar-refractivity contribution is 4.79. The zero-order chi connectivity index (χ0) is 8.81. The minimum atomic E-state index is -0.828. The summed E-state index contributed by atoms with van der Waals surface area (Å²) in [6, 6.07) is 0.0327. The average molecular weight is 175 g/mol. The van der Waals surface area contributed by atoms with Gasteiger partial charge in [-0.15, -0.1) is 0 Å². The van der Waals surface area contributed by atoms with Crippen LogP contribution in [-0.2, 0) is 4.74 Å². The normalized spacial score (nSPS) is 27.0. The standard InChI is InChI=1S/C9H18FNO/c1-2-12-7-8(10)9-5-3-4-6-11-9/h8-9,11H,2-7H2,1H3. The first-order valence-electron chi connectivity index (χ1n) is 4.79. The molecule has 1 rings (SSSR count). The molecule has 1 aliphatic rings. The Labute approximate surface area is 73.5 Å². The molecule has 0 aromatic heterocycles. The van der Waals surface area contributed by atoms with Crippen molar-refractivity contribution in [3.8, 4) is 0 Å². The van der Waals surface area contributed by atoms with E-state index in [0.717, 1.165) is 19.4 Å².